The quantitative estimate of drug-likeness (QED) is 0.694. The Morgan fingerprint density at radius 3 is 2.71 bits per heavy atom. The third-order valence-electron chi connectivity index (χ3n) is 3.19. The van der Waals surface area contributed by atoms with Crippen LogP contribution in [0.3, 0.4) is 0 Å². The minimum absolute atomic E-state index is 0.210. The van der Waals surface area contributed by atoms with Crippen molar-refractivity contribution in [3.05, 3.63) is 0 Å². The van der Waals surface area contributed by atoms with Gasteiger partial charge in [0, 0.05) is 19.1 Å². The standard InChI is InChI=1S/C10H20N2O4S/c1-8-4-3-5-12(9(8)6-11)17(14,15)7-10(13)16-2/h8-9H,3-7,11H2,1-2H3. The normalized spacial score (nSPS) is 26.8. The molecule has 1 heterocycles. The molecule has 0 aliphatic carbocycles. The van der Waals surface area contributed by atoms with Gasteiger partial charge in [-0.3, -0.25) is 4.79 Å². The van der Waals surface area contributed by atoms with Crippen LogP contribution in [0.25, 0.3) is 0 Å². The number of esters is 1. The molecule has 7 heteroatoms. The van der Waals surface area contributed by atoms with Gasteiger partial charge in [-0.05, 0) is 18.8 Å². The van der Waals surface area contributed by atoms with E-state index in [-0.39, 0.29) is 18.5 Å². The molecule has 0 spiro atoms. The molecule has 1 saturated heterocycles. The lowest BCUT2D eigenvalue weighted by Gasteiger charge is -2.38. The number of piperidine rings is 1. The Morgan fingerprint density at radius 1 is 1.53 bits per heavy atom. The van der Waals surface area contributed by atoms with E-state index in [9.17, 15) is 13.2 Å². The average molecular weight is 264 g/mol. The smallest absolute Gasteiger partial charge is 0.322 e. The first kappa shape index (κ1) is 14.4. The van der Waals surface area contributed by atoms with E-state index in [4.69, 9.17) is 5.73 Å². The fourth-order valence-corrected chi connectivity index (χ4v) is 3.89. The number of nitrogens with two attached hydrogens (primary N) is 1. The van der Waals surface area contributed by atoms with Crippen molar-refractivity contribution >= 4 is 16.0 Å². The molecule has 0 saturated carbocycles. The van der Waals surface area contributed by atoms with Gasteiger partial charge in [-0.25, -0.2) is 8.42 Å². The van der Waals surface area contributed by atoms with E-state index in [1.165, 1.54) is 11.4 Å². The predicted octanol–water partition coefficient (Wildman–Crippen LogP) is -0.452. The van der Waals surface area contributed by atoms with Crippen molar-refractivity contribution in [3.8, 4) is 0 Å². The molecule has 17 heavy (non-hydrogen) atoms. The zero-order chi connectivity index (χ0) is 13.1. The van der Waals surface area contributed by atoms with E-state index in [2.05, 4.69) is 4.74 Å². The topological polar surface area (TPSA) is 89.7 Å². The predicted molar refractivity (Wildman–Crippen MR) is 63.7 cm³/mol. The molecule has 1 rings (SSSR count). The zero-order valence-corrected chi connectivity index (χ0v) is 11.1. The highest BCUT2D eigenvalue weighted by Gasteiger charge is 2.36. The second-order valence-electron chi connectivity index (χ2n) is 4.37. The summed E-state index contributed by atoms with van der Waals surface area (Å²) in [6.45, 7) is 2.70. The Hall–Kier alpha value is -0.660. The molecule has 1 aliphatic rings. The maximum Gasteiger partial charge on any atom is 0.322 e. The van der Waals surface area contributed by atoms with E-state index >= 15 is 0 Å². The molecule has 6 nitrogen and oxygen atoms in total. The minimum atomic E-state index is -3.61. The summed E-state index contributed by atoms with van der Waals surface area (Å²) in [6, 6.07) is -0.210. The number of rotatable bonds is 4. The number of ether oxygens (including phenoxy) is 1. The second-order valence-corrected chi connectivity index (χ2v) is 6.29. The molecule has 2 N–H and O–H groups in total. The molecule has 1 fully saturated rings. The summed E-state index contributed by atoms with van der Waals surface area (Å²) in [5.74, 6) is -1.12. The summed E-state index contributed by atoms with van der Waals surface area (Å²) < 4.78 is 29.8. The van der Waals surface area contributed by atoms with E-state index in [0.29, 0.717) is 6.54 Å². The molecule has 0 aromatic heterocycles. The molecule has 0 amide bonds. The summed E-state index contributed by atoms with van der Waals surface area (Å²) in [7, 11) is -2.43. The first-order valence-electron chi connectivity index (χ1n) is 5.68. The molecular formula is C10H20N2O4S. The van der Waals surface area contributed by atoms with Crippen molar-refractivity contribution in [1.29, 1.82) is 0 Å². The largest absolute Gasteiger partial charge is 0.468 e. The number of sulfonamides is 1. The molecule has 0 aromatic carbocycles. The highest BCUT2D eigenvalue weighted by atomic mass is 32.2. The molecular weight excluding hydrogens is 244 g/mol. The summed E-state index contributed by atoms with van der Waals surface area (Å²) >= 11 is 0. The Bertz CT molecular complexity index is 369. The average Bonchev–Trinajstić information content (AvgIpc) is 2.28. The molecule has 100 valence electrons. The lowest BCUT2D eigenvalue weighted by molar-refractivity contribution is -0.137. The Morgan fingerprint density at radius 2 is 2.18 bits per heavy atom. The highest BCUT2D eigenvalue weighted by Crippen LogP contribution is 2.25. The van der Waals surface area contributed by atoms with Gasteiger partial charge in [-0.15, -0.1) is 0 Å². The number of methoxy groups -OCH3 is 1. The summed E-state index contributed by atoms with van der Waals surface area (Å²) in [4.78, 5) is 11.1. The van der Waals surface area contributed by atoms with Crippen LogP contribution in [-0.4, -0.2) is 50.7 Å². The fraction of sp³-hybridized carbons (Fsp3) is 0.900. The van der Waals surface area contributed by atoms with Gasteiger partial charge in [-0.1, -0.05) is 6.92 Å². The van der Waals surface area contributed by atoms with Gasteiger partial charge in [0.05, 0.1) is 7.11 Å². The molecule has 2 atom stereocenters. The van der Waals surface area contributed by atoms with Crippen LogP contribution >= 0.6 is 0 Å². The van der Waals surface area contributed by atoms with Crippen molar-refractivity contribution in [2.45, 2.75) is 25.8 Å². The van der Waals surface area contributed by atoms with Gasteiger partial charge in [0.1, 0.15) is 0 Å². The van der Waals surface area contributed by atoms with Crippen molar-refractivity contribution in [2.75, 3.05) is 26.0 Å². The van der Waals surface area contributed by atoms with Crippen LogP contribution in [0.2, 0.25) is 0 Å². The van der Waals surface area contributed by atoms with Gasteiger partial charge < -0.3 is 10.5 Å². The van der Waals surface area contributed by atoms with Gasteiger partial charge in [0.15, 0.2) is 5.75 Å². The number of carbonyl (C=O) groups is 1. The summed E-state index contributed by atoms with van der Waals surface area (Å²) in [5, 5.41) is 0. The van der Waals surface area contributed by atoms with E-state index in [1.54, 1.807) is 0 Å². The van der Waals surface area contributed by atoms with Crippen molar-refractivity contribution in [2.24, 2.45) is 11.7 Å². The molecule has 2 unspecified atom stereocenters. The monoisotopic (exact) mass is 264 g/mol. The van der Waals surface area contributed by atoms with Crippen molar-refractivity contribution in [1.82, 2.24) is 4.31 Å². The minimum Gasteiger partial charge on any atom is -0.468 e. The zero-order valence-electron chi connectivity index (χ0n) is 10.3. The van der Waals surface area contributed by atoms with Gasteiger partial charge >= 0.3 is 5.97 Å². The van der Waals surface area contributed by atoms with Crippen LogP contribution in [0.5, 0.6) is 0 Å². The van der Waals surface area contributed by atoms with Crippen LogP contribution in [-0.2, 0) is 19.6 Å². The van der Waals surface area contributed by atoms with Crippen molar-refractivity contribution in [3.63, 3.8) is 0 Å². The third-order valence-corrected chi connectivity index (χ3v) is 4.96. The van der Waals surface area contributed by atoms with Crippen molar-refractivity contribution < 1.29 is 17.9 Å². The van der Waals surface area contributed by atoms with E-state index < -0.39 is 21.7 Å². The van der Waals surface area contributed by atoms with Gasteiger partial charge in [0.2, 0.25) is 10.0 Å². The summed E-state index contributed by atoms with van der Waals surface area (Å²) in [6.07, 6.45) is 1.77. The molecule has 0 bridgehead atoms. The maximum absolute atomic E-state index is 12.0. The van der Waals surface area contributed by atoms with Crippen LogP contribution in [0.15, 0.2) is 0 Å². The highest BCUT2D eigenvalue weighted by molar-refractivity contribution is 7.89. The van der Waals surface area contributed by atoms with Crippen LogP contribution in [0.1, 0.15) is 19.8 Å². The van der Waals surface area contributed by atoms with Crippen LogP contribution in [0.4, 0.5) is 0 Å². The van der Waals surface area contributed by atoms with E-state index in [1.807, 2.05) is 6.92 Å². The van der Waals surface area contributed by atoms with Gasteiger partial charge in [-0.2, -0.15) is 4.31 Å². The molecule has 1 aliphatic heterocycles. The Kier molecular flexibility index (Phi) is 4.91. The SMILES string of the molecule is COC(=O)CS(=O)(=O)N1CCCC(C)C1CN. The third kappa shape index (κ3) is 3.40. The lowest BCUT2D eigenvalue weighted by atomic mass is 9.93. The first-order chi connectivity index (χ1) is 7.92. The number of carbonyl (C=O) groups excluding carboxylic acids is 1. The maximum atomic E-state index is 12.0. The van der Waals surface area contributed by atoms with Gasteiger partial charge in [0.25, 0.3) is 0 Å². The Balaban J connectivity index is 2.85. The number of hydrogen-bond donors (Lipinski definition) is 1. The lowest BCUT2D eigenvalue weighted by Crippen LogP contribution is -2.52. The first-order valence-corrected chi connectivity index (χ1v) is 7.29. The second kappa shape index (κ2) is 5.79. The molecule has 0 radical (unpaired) electrons. The molecule has 0 aromatic rings. The van der Waals surface area contributed by atoms with Crippen LogP contribution in [0, 0.1) is 5.92 Å². The number of hydrogen-bond acceptors (Lipinski definition) is 5. The van der Waals surface area contributed by atoms with E-state index in [0.717, 1.165) is 12.8 Å². The van der Waals surface area contributed by atoms with Crippen LogP contribution < -0.4 is 5.73 Å². The fourth-order valence-electron chi connectivity index (χ4n) is 2.20. The number of nitrogens with zero attached hydrogens (tertiary/aromatic N) is 1. The Labute approximate surface area is 102 Å². The summed E-state index contributed by atoms with van der Waals surface area (Å²) in [5.41, 5.74) is 5.62.